The molecular formula is C40H51N7O3. The van der Waals surface area contributed by atoms with Gasteiger partial charge in [-0.1, -0.05) is 44.2 Å². The summed E-state index contributed by atoms with van der Waals surface area (Å²) in [6, 6.07) is 18.0. The van der Waals surface area contributed by atoms with Crippen LogP contribution in [0.2, 0.25) is 0 Å². The molecule has 7 rings (SSSR count). The van der Waals surface area contributed by atoms with Crippen molar-refractivity contribution in [2.45, 2.75) is 82.6 Å². The number of aliphatic hydroxyl groups excluding tert-OH is 1. The van der Waals surface area contributed by atoms with Crippen LogP contribution in [-0.4, -0.2) is 81.7 Å². The maximum Gasteiger partial charge on any atom is 0.255 e. The molecule has 1 unspecified atom stereocenters. The number of hydrogen-bond acceptors (Lipinski definition) is 8. The summed E-state index contributed by atoms with van der Waals surface area (Å²) in [5.74, 6) is -0.0213. The Morgan fingerprint density at radius 3 is 2.52 bits per heavy atom. The number of nitrogens with one attached hydrogen (secondary N) is 1. The number of carbonyl (C=O) groups is 1. The molecule has 50 heavy (non-hydrogen) atoms. The van der Waals surface area contributed by atoms with Crippen LogP contribution in [0.4, 0.5) is 11.5 Å². The second-order valence-corrected chi connectivity index (χ2v) is 14.7. The molecule has 0 bridgehead atoms. The van der Waals surface area contributed by atoms with E-state index in [2.05, 4.69) is 81.5 Å². The molecule has 4 aromatic rings. The van der Waals surface area contributed by atoms with Crippen molar-refractivity contribution in [2.75, 3.05) is 43.4 Å². The zero-order valence-corrected chi connectivity index (χ0v) is 29.6. The van der Waals surface area contributed by atoms with Crippen molar-refractivity contribution in [2.24, 2.45) is 7.05 Å². The minimum Gasteiger partial charge on any atom is -0.395 e. The second-order valence-electron chi connectivity index (χ2n) is 14.7. The Labute approximate surface area is 295 Å². The number of nitrogens with two attached hydrogens (primary N) is 1. The summed E-state index contributed by atoms with van der Waals surface area (Å²) in [5.41, 5.74) is 14.7. The maximum atomic E-state index is 13.3. The van der Waals surface area contributed by atoms with Crippen molar-refractivity contribution < 1.29 is 14.6 Å². The van der Waals surface area contributed by atoms with Gasteiger partial charge in [0, 0.05) is 73.9 Å². The number of piperidine rings is 1. The first-order chi connectivity index (χ1) is 24.2. The molecular weight excluding hydrogens is 626 g/mol. The van der Waals surface area contributed by atoms with E-state index >= 15 is 0 Å². The summed E-state index contributed by atoms with van der Waals surface area (Å²) in [7, 11) is 1.85. The maximum absolute atomic E-state index is 13.3. The van der Waals surface area contributed by atoms with Crippen LogP contribution in [0.3, 0.4) is 0 Å². The average molecular weight is 678 g/mol. The molecule has 10 heteroatoms. The van der Waals surface area contributed by atoms with E-state index in [4.69, 9.17) is 10.5 Å². The topological polar surface area (TPSA) is 122 Å². The first-order valence-corrected chi connectivity index (χ1v) is 18.3. The largest absolute Gasteiger partial charge is 0.395 e. The van der Waals surface area contributed by atoms with Gasteiger partial charge in [-0.05, 0) is 79.0 Å². The van der Waals surface area contributed by atoms with Crippen LogP contribution in [0.1, 0.15) is 73.9 Å². The minimum absolute atomic E-state index is 0.0670. The molecule has 0 spiro atoms. The quantitative estimate of drug-likeness (QED) is 0.189. The first kappa shape index (κ1) is 34.2. The highest BCUT2D eigenvalue weighted by Crippen LogP contribution is 2.46. The van der Waals surface area contributed by atoms with Gasteiger partial charge in [-0.2, -0.15) is 5.10 Å². The van der Waals surface area contributed by atoms with Gasteiger partial charge in [0.05, 0.1) is 37.1 Å². The molecule has 2 fully saturated rings. The molecule has 4 N–H and O–H groups in total. The van der Waals surface area contributed by atoms with E-state index in [0.717, 1.165) is 81.4 Å². The Kier molecular flexibility index (Phi) is 9.95. The Morgan fingerprint density at radius 2 is 1.80 bits per heavy atom. The second kappa shape index (κ2) is 14.5. The lowest BCUT2D eigenvalue weighted by Gasteiger charge is -2.38. The van der Waals surface area contributed by atoms with E-state index in [1.54, 1.807) is 23.1 Å². The van der Waals surface area contributed by atoms with Crippen molar-refractivity contribution in [3.8, 4) is 22.3 Å². The van der Waals surface area contributed by atoms with Crippen LogP contribution >= 0.6 is 0 Å². The Bertz CT molecular complexity index is 1800. The third-order valence-corrected chi connectivity index (χ3v) is 11.4. The standard InChI is InChI=1S/C40H51N7O3/c1-4-40(2)26-47(32-14-16-46(17-15-32)18-19-48)36-13-12-29(21-34(36)40)28-10-8-27(9-11-28)25-50-37-7-5-6-35(37)44-39(49)33-20-30(22-42-38(33)41)31-23-43-45(3)24-31/h8-13,20-24,32,35,37,48H,4-7,14-19,25-26H2,1-3H3,(H2,41,42)(H,44,49)/t35-,37-,40?/m0/s1. The molecule has 2 aromatic carbocycles. The van der Waals surface area contributed by atoms with Gasteiger partial charge in [-0.15, -0.1) is 0 Å². The fraction of sp³-hybridized carbons (Fsp3) is 0.475. The predicted octanol–water partition coefficient (Wildman–Crippen LogP) is 5.54. The molecule has 2 aromatic heterocycles. The van der Waals surface area contributed by atoms with Crippen LogP contribution < -0.4 is 16.0 Å². The third-order valence-electron chi connectivity index (χ3n) is 11.4. The zero-order chi connectivity index (χ0) is 34.8. The fourth-order valence-electron chi connectivity index (χ4n) is 8.14. The number of pyridine rings is 1. The molecule has 1 saturated heterocycles. The number of amides is 1. The lowest BCUT2D eigenvalue weighted by atomic mass is 9.81. The summed E-state index contributed by atoms with van der Waals surface area (Å²) in [4.78, 5) is 22.7. The Morgan fingerprint density at radius 1 is 1.02 bits per heavy atom. The van der Waals surface area contributed by atoms with Crippen molar-refractivity contribution in [1.82, 2.24) is 25.0 Å². The number of β-amino-alcohol motifs (C(OH)–C–C–N with tert-alkyl or cyclic N) is 1. The van der Waals surface area contributed by atoms with E-state index < -0.39 is 0 Å². The van der Waals surface area contributed by atoms with Crippen LogP contribution in [0.15, 0.2) is 67.1 Å². The molecule has 264 valence electrons. The smallest absolute Gasteiger partial charge is 0.255 e. The number of rotatable bonds is 11. The monoisotopic (exact) mass is 677 g/mol. The number of nitrogen functional groups attached to an aromatic ring is 1. The highest BCUT2D eigenvalue weighted by molar-refractivity contribution is 5.99. The van der Waals surface area contributed by atoms with Crippen molar-refractivity contribution in [3.63, 3.8) is 0 Å². The van der Waals surface area contributed by atoms with Gasteiger partial charge in [0.25, 0.3) is 5.91 Å². The molecule has 3 aliphatic rings. The number of hydrogen-bond donors (Lipinski definition) is 3. The summed E-state index contributed by atoms with van der Waals surface area (Å²) in [5, 5.41) is 16.8. The number of nitrogens with zero attached hydrogens (tertiary/aromatic N) is 5. The number of carbonyl (C=O) groups excluding carboxylic acids is 1. The minimum atomic E-state index is -0.231. The molecule has 1 saturated carbocycles. The molecule has 1 amide bonds. The van der Waals surface area contributed by atoms with Gasteiger partial charge in [0.2, 0.25) is 0 Å². The van der Waals surface area contributed by atoms with Crippen molar-refractivity contribution >= 4 is 17.4 Å². The van der Waals surface area contributed by atoms with Gasteiger partial charge in [-0.3, -0.25) is 9.48 Å². The molecule has 2 aliphatic heterocycles. The van der Waals surface area contributed by atoms with Crippen molar-refractivity contribution in [1.29, 1.82) is 0 Å². The number of aliphatic hydroxyl groups is 1. The highest BCUT2D eigenvalue weighted by atomic mass is 16.5. The number of likely N-dealkylation sites (tertiary alicyclic amines) is 1. The molecule has 0 radical (unpaired) electrons. The molecule has 1 aliphatic carbocycles. The predicted molar refractivity (Wildman–Crippen MR) is 198 cm³/mol. The van der Waals surface area contributed by atoms with Gasteiger partial charge in [-0.25, -0.2) is 4.98 Å². The van der Waals surface area contributed by atoms with Crippen LogP contribution in [0.5, 0.6) is 0 Å². The van der Waals surface area contributed by atoms with Crippen LogP contribution in [-0.2, 0) is 23.8 Å². The summed E-state index contributed by atoms with van der Waals surface area (Å²) >= 11 is 0. The van der Waals surface area contributed by atoms with Crippen molar-refractivity contribution in [3.05, 3.63) is 83.8 Å². The molecule has 3 atom stereocenters. The third kappa shape index (κ3) is 7.02. The van der Waals surface area contributed by atoms with Gasteiger partial charge in [0.15, 0.2) is 0 Å². The number of anilines is 2. The van der Waals surface area contributed by atoms with E-state index in [1.165, 1.54) is 22.4 Å². The van der Waals surface area contributed by atoms with Crippen LogP contribution in [0, 0.1) is 0 Å². The fourth-order valence-corrected chi connectivity index (χ4v) is 8.14. The number of ether oxygens (including phenoxy) is 1. The summed E-state index contributed by atoms with van der Waals surface area (Å²) in [6.07, 6.45) is 11.4. The summed E-state index contributed by atoms with van der Waals surface area (Å²) in [6.45, 7) is 9.41. The normalized spacial score (nSPS) is 22.6. The Hall–Kier alpha value is -4.25. The van der Waals surface area contributed by atoms with E-state index in [9.17, 15) is 9.90 Å². The van der Waals surface area contributed by atoms with Crippen LogP contribution in [0.25, 0.3) is 22.3 Å². The van der Waals surface area contributed by atoms with Gasteiger partial charge >= 0.3 is 0 Å². The lowest BCUT2D eigenvalue weighted by Crippen LogP contribution is -2.46. The SMILES string of the molecule is CCC1(C)CN(C2CCN(CCO)CC2)c2ccc(-c3ccc(CO[C@H]4CCC[C@@H]4NC(=O)c4cc(-c5cnn(C)c5)cnc4N)cc3)cc21. The van der Waals surface area contributed by atoms with Gasteiger partial charge < -0.3 is 30.7 Å². The molecule has 4 heterocycles. The number of fused-ring (bicyclic) bond motifs is 1. The lowest BCUT2D eigenvalue weighted by molar-refractivity contribution is 0.0272. The van der Waals surface area contributed by atoms with E-state index in [1.807, 2.05) is 13.2 Å². The van der Waals surface area contributed by atoms with E-state index in [-0.39, 0.29) is 35.9 Å². The Balaban J connectivity index is 0.979. The number of aromatic nitrogens is 3. The van der Waals surface area contributed by atoms with Gasteiger partial charge in [0.1, 0.15) is 5.82 Å². The summed E-state index contributed by atoms with van der Waals surface area (Å²) < 4.78 is 8.13. The number of aryl methyl sites for hydroxylation is 1. The van der Waals surface area contributed by atoms with E-state index in [0.29, 0.717) is 18.2 Å². The molecule has 10 nitrogen and oxygen atoms in total. The zero-order valence-electron chi connectivity index (χ0n) is 29.6. The highest BCUT2D eigenvalue weighted by Gasteiger charge is 2.41. The number of benzene rings is 2. The first-order valence-electron chi connectivity index (χ1n) is 18.3. The average Bonchev–Trinajstić information content (AvgIpc) is 3.85.